The number of benzene rings is 1. The van der Waals surface area contributed by atoms with Gasteiger partial charge in [0.05, 0.1) is 33.2 Å². The largest absolute Gasteiger partial charge is 0.383 e. The topological polar surface area (TPSA) is 134 Å². The molecule has 0 bridgehead atoms. The molecule has 230 valence electrons. The van der Waals surface area contributed by atoms with E-state index in [1.807, 2.05) is 6.92 Å². The fraction of sp³-hybridized carbons (Fsp3) is 0.562. The van der Waals surface area contributed by atoms with E-state index in [0.29, 0.717) is 30.9 Å². The number of pyridine rings is 1. The van der Waals surface area contributed by atoms with E-state index in [9.17, 15) is 14.7 Å². The summed E-state index contributed by atoms with van der Waals surface area (Å²) < 4.78 is 6.76. The first-order valence-corrected chi connectivity index (χ1v) is 16.1. The zero-order valence-electron chi connectivity index (χ0n) is 25.4. The van der Waals surface area contributed by atoms with Crippen LogP contribution in [0.5, 0.6) is 0 Å². The standard InChI is InChI=1S/C32H42N6O4S/c1-5-20-14-22(16-34-27(20)33)35-28(39)30(40)38-17-19(2)6-8-25(38)21-7-9-26-24(15-21)36-29(43-26)23-10-13-37(3)18-31(23)11-12-32(31,41)42-4/h7,9,14-16,19,23,25,41H,5-6,8,10-13,17-18H2,1-4H3,(H2,33,34)(H,35,39)/t19-,23-,25+,31+,32?/m0/s1. The Morgan fingerprint density at radius 2 is 2.05 bits per heavy atom. The van der Waals surface area contributed by atoms with Crippen LogP contribution in [0.2, 0.25) is 0 Å². The molecular formula is C32H42N6O4S. The molecule has 3 fully saturated rings. The molecule has 1 aromatic carbocycles. The zero-order chi connectivity index (χ0) is 30.5. The molecule has 3 aromatic rings. The lowest BCUT2D eigenvalue weighted by Crippen LogP contribution is -2.67. The molecule has 1 aliphatic carbocycles. The number of nitrogen functional groups attached to an aromatic ring is 1. The van der Waals surface area contributed by atoms with E-state index in [4.69, 9.17) is 15.5 Å². The van der Waals surface area contributed by atoms with Gasteiger partial charge in [-0.2, -0.15) is 0 Å². The van der Waals surface area contributed by atoms with Crippen molar-refractivity contribution in [1.29, 1.82) is 0 Å². The summed E-state index contributed by atoms with van der Waals surface area (Å²) in [6, 6.07) is 7.78. The van der Waals surface area contributed by atoms with E-state index >= 15 is 0 Å². The van der Waals surface area contributed by atoms with Crippen molar-refractivity contribution in [3.05, 3.63) is 46.6 Å². The molecule has 43 heavy (non-hydrogen) atoms. The zero-order valence-corrected chi connectivity index (χ0v) is 26.2. The molecular weight excluding hydrogens is 564 g/mol. The molecule has 2 saturated heterocycles. The maximum absolute atomic E-state index is 13.6. The van der Waals surface area contributed by atoms with Gasteiger partial charge < -0.3 is 30.7 Å². The van der Waals surface area contributed by atoms with Gasteiger partial charge in [0, 0.05) is 38.0 Å². The Labute approximate surface area is 256 Å². The van der Waals surface area contributed by atoms with Crippen LogP contribution < -0.4 is 11.1 Å². The van der Waals surface area contributed by atoms with E-state index in [1.54, 1.807) is 29.4 Å². The number of hydrogen-bond donors (Lipinski definition) is 3. The fourth-order valence-corrected chi connectivity index (χ4v) is 8.70. The Hall–Kier alpha value is -3.12. The van der Waals surface area contributed by atoms with Crippen molar-refractivity contribution in [3.8, 4) is 0 Å². The average molecular weight is 607 g/mol. The van der Waals surface area contributed by atoms with Crippen LogP contribution in [-0.2, 0) is 20.7 Å². The number of amides is 2. The number of rotatable bonds is 5. The van der Waals surface area contributed by atoms with Gasteiger partial charge in [0.15, 0.2) is 5.79 Å². The first-order chi connectivity index (χ1) is 20.6. The van der Waals surface area contributed by atoms with E-state index in [0.717, 1.165) is 65.1 Å². The van der Waals surface area contributed by atoms with Crippen LogP contribution >= 0.6 is 11.3 Å². The third-order valence-corrected chi connectivity index (χ3v) is 11.2. The van der Waals surface area contributed by atoms with Crippen LogP contribution in [0.4, 0.5) is 11.5 Å². The van der Waals surface area contributed by atoms with E-state index in [-0.39, 0.29) is 23.3 Å². The molecule has 2 aliphatic heterocycles. The second-order valence-corrected chi connectivity index (χ2v) is 13.8. The summed E-state index contributed by atoms with van der Waals surface area (Å²) in [5.41, 5.74) is 8.69. The third-order valence-electron chi connectivity index (χ3n) is 10.1. The second kappa shape index (κ2) is 11.4. The molecule has 11 heteroatoms. The molecule has 10 nitrogen and oxygen atoms in total. The van der Waals surface area contributed by atoms with Gasteiger partial charge in [-0.3, -0.25) is 9.59 Å². The maximum Gasteiger partial charge on any atom is 0.313 e. The number of nitrogens with two attached hydrogens (primary N) is 1. The summed E-state index contributed by atoms with van der Waals surface area (Å²) in [6.07, 6.45) is 6.34. The van der Waals surface area contributed by atoms with Gasteiger partial charge in [0.2, 0.25) is 0 Å². The van der Waals surface area contributed by atoms with Crippen molar-refractivity contribution in [2.75, 3.05) is 44.8 Å². The van der Waals surface area contributed by atoms with Crippen molar-refractivity contribution >= 4 is 44.9 Å². The van der Waals surface area contributed by atoms with Gasteiger partial charge >= 0.3 is 11.8 Å². The van der Waals surface area contributed by atoms with Crippen molar-refractivity contribution in [2.24, 2.45) is 11.3 Å². The van der Waals surface area contributed by atoms with Crippen molar-refractivity contribution in [2.45, 2.75) is 70.1 Å². The maximum atomic E-state index is 13.6. The number of carbonyl (C=O) groups is 2. The van der Waals surface area contributed by atoms with Gasteiger partial charge in [0.25, 0.3) is 0 Å². The first kappa shape index (κ1) is 29.9. The van der Waals surface area contributed by atoms with Crippen molar-refractivity contribution in [1.82, 2.24) is 19.8 Å². The van der Waals surface area contributed by atoms with Gasteiger partial charge in [0.1, 0.15) is 5.82 Å². The molecule has 1 unspecified atom stereocenters. The minimum Gasteiger partial charge on any atom is -0.383 e. The smallest absolute Gasteiger partial charge is 0.313 e. The lowest BCUT2D eigenvalue weighted by Gasteiger charge is -2.61. The van der Waals surface area contributed by atoms with Crippen LogP contribution in [0.1, 0.15) is 74.0 Å². The van der Waals surface area contributed by atoms with Gasteiger partial charge in [-0.1, -0.05) is 19.9 Å². The number of aromatic nitrogens is 2. The van der Waals surface area contributed by atoms with Crippen molar-refractivity contribution in [3.63, 3.8) is 0 Å². The Bertz CT molecular complexity index is 1540. The number of nitrogens with zero attached hydrogens (tertiary/aromatic N) is 4. The third kappa shape index (κ3) is 5.20. The molecule has 2 aromatic heterocycles. The number of hydrogen-bond acceptors (Lipinski definition) is 9. The minimum absolute atomic E-state index is 0.108. The first-order valence-electron chi connectivity index (χ1n) is 15.3. The van der Waals surface area contributed by atoms with Gasteiger partial charge in [-0.15, -0.1) is 11.3 Å². The summed E-state index contributed by atoms with van der Waals surface area (Å²) in [7, 11) is 3.70. The van der Waals surface area contributed by atoms with Crippen LogP contribution in [0.15, 0.2) is 30.5 Å². The number of nitrogens with one attached hydrogen (secondary N) is 1. The highest BCUT2D eigenvalue weighted by Crippen LogP contribution is 2.61. The average Bonchev–Trinajstić information content (AvgIpc) is 3.43. The van der Waals surface area contributed by atoms with Crippen LogP contribution in [0.25, 0.3) is 10.2 Å². The fourth-order valence-electron chi connectivity index (χ4n) is 7.50. The SMILES string of the molecule is CCc1cc(NC(=O)C(=O)N2C[C@@H](C)CC[C@@H]2c2ccc3sc([C@@H]4CCN(C)C[C@]45CCC5(O)OC)nc3c2)cnc1N. The lowest BCUT2D eigenvalue weighted by molar-refractivity contribution is -0.333. The number of carbonyl (C=O) groups excluding carboxylic acids is 2. The Balaban J connectivity index is 1.26. The summed E-state index contributed by atoms with van der Waals surface area (Å²) in [4.78, 5) is 40.0. The Morgan fingerprint density at radius 1 is 1.23 bits per heavy atom. The normalized spacial score (nSPS) is 29.5. The minimum atomic E-state index is -1.14. The monoisotopic (exact) mass is 606 g/mol. The quantitative estimate of drug-likeness (QED) is 0.289. The highest BCUT2D eigenvalue weighted by molar-refractivity contribution is 7.18. The van der Waals surface area contributed by atoms with E-state index in [1.165, 1.54) is 6.20 Å². The Morgan fingerprint density at radius 3 is 2.77 bits per heavy atom. The molecule has 2 amide bonds. The van der Waals surface area contributed by atoms with Crippen LogP contribution in [0.3, 0.4) is 0 Å². The number of methoxy groups -OCH3 is 1. The molecule has 4 N–H and O–H groups in total. The van der Waals surface area contributed by atoms with Gasteiger partial charge in [-0.25, -0.2) is 9.97 Å². The summed E-state index contributed by atoms with van der Waals surface area (Å²) in [6.45, 7) is 6.30. The molecule has 6 rings (SSSR count). The van der Waals surface area contributed by atoms with Gasteiger partial charge in [-0.05, 0) is 80.9 Å². The van der Waals surface area contributed by atoms with Crippen molar-refractivity contribution < 1.29 is 19.4 Å². The number of thiazole rings is 1. The number of aryl methyl sites for hydroxylation is 1. The lowest BCUT2D eigenvalue weighted by atomic mass is 9.54. The summed E-state index contributed by atoms with van der Waals surface area (Å²) in [5, 5.41) is 15.1. The van der Waals surface area contributed by atoms with Crippen LogP contribution in [-0.4, -0.2) is 76.3 Å². The molecule has 0 radical (unpaired) electrons. The number of aliphatic hydroxyl groups is 1. The van der Waals surface area contributed by atoms with Crippen LogP contribution in [0, 0.1) is 11.3 Å². The molecule has 5 atom stereocenters. The summed E-state index contributed by atoms with van der Waals surface area (Å²) in [5.74, 6) is -1.56. The molecule has 3 aliphatic rings. The number of anilines is 2. The summed E-state index contributed by atoms with van der Waals surface area (Å²) >= 11 is 1.68. The second-order valence-electron chi connectivity index (χ2n) is 12.7. The predicted octanol–water partition coefficient (Wildman–Crippen LogP) is 4.31. The predicted molar refractivity (Wildman–Crippen MR) is 168 cm³/mol. The number of ether oxygens (including phenoxy) is 1. The molecule has 1 saturated carbocycles. The van der Waals surface area contributed by atoms with E-state index < -0.39 is 17.6 Å². The number of fused-ring (bicyclic) bond motifs is 1. The highest BCUT2D eigenvalue weighted by Gasteiger charge is 2.65. The number of likely N-dealkylation sites (tertiary alicyclic amines) is 2. The molecule has 1 spiro atoms. The highest BCUT2D eigenvalue weighted by atomic mass is 32.1. The van der Waals surface area contributed by atoms with E-state index in [2.05, 4.69) is 47.4 Å². The Kier molecular flexibility index (Phi) is 7.95. The number of piperidine rings is 2. The molecule has 4 heterocycles.